The molecule has 2 heterocycles. The minimum Gasteiger partial charge on any atom is -0.317 e. The summed E-state index contributed by atoms with van der Waals surface area (Å²) in [5.41, 5.74) is 5.87. The molecule has 1 aromatic heterocycles. The van der Waals surface area contributed by atoms with Crippen molar-refractivity contribution in [3.05, 3.63) is 85.4 Å². The molecule has 0 radical (unpaired) electrons. The summed E-state index contributed by atoms with van der Waals surface area (Å²) in [7, 11) is 0. The van der Waals surface area contributed by atoms with Crippen molar-refractivity contribution in [1.29, 1.82) is 0 Å². The second-order valence-electron chi connectivity index (χ2n) is 6.98. The Labute approximate surface area is 193 Å². The van der Waals surface area contributed by atoms with Crippen molar-refractivity contribution >= 4 is 62.1 Å². The zero-order valence-electron chi connectivity index (χ0n) is 16.7. The number of carbonyl (C=O) groups is 1. The van der Waals surface area contributed by atoms with Crippen LogP contribution in [0.5, 0.6) is 0 Å². The lowest BCUT2D eigenvalue weighted by atomic mass is 10.2. The maximum Gasteiger partial charge on any atom is 0.264 e. The number of amides is 1. The number of hydrogen-bond donors (Lipinski definition) is 1. The van der Waals surface area contributed by atoms with E-state index in [9.17, 15) is 4.79 Å². The molecule has 3 aromatic rings. The number of aryl methyl sites for hydroxylation is 1. The summed E-state index contributed by atoms with van der Waals surface area (Å²) in [6.07, 6.45) is 1.92. The van der Waals surface area contributed by atoms with E-state index < -0.39 is 0 Å². The summed E-state index contributed by atoms with van der Waals surface area (Å²) in [5.74, 6) is -0.149. The van der Waals surface area contributed by atoms with Crippen LogP contribution in [0.1, 0.15) is 22.5 Å². The first kappa shape index (κ1) is 21.0. The van der Waals surface area contributed by atoms with Crippen LogP contribution in [0, 0.1) is 20.8 Å². The van der Waals surface area contributed by atoms with Gasteiger partial charge in [-0.3, -0.25) is 4.79 Å². The van der Waals surface area contributed by atoms with Gasteiger partial charge < -0.3 is 9.88 Å². The Kier molecular flexibility index (Phi) is 5.91. The van der Waals surface area contributed by atoms with Crippen LogP contribution in [0.2, 0.25) is 5.02 Å². The van der Waals surface area contributed by atoms with Crippen molar-refractivity contribution in [1.82, 2.24) is 9.88 Å². The van der Waals surface area contributed by atoms with Gasteiger partial charge in [0.15, 0.2) is 5.17 Å². The number of thioether (sulfide) groups is 1. The number of para-hydroxylation sites is 1. The number of nitrogens with zero attached hydrogens (tertiary/aromatic N) is 2. The Bertz CT molecular complexity index is 1230. The van der Waals surface area contributed by atoms with E-state index >= 15 is 0 Å². The summed E-state index contributed by atoms with van der Waals surface area (Å²) in [6, 6.07) is 15.7. The summed E-state index contributed by atoms with van der Waals surface area (Å²) in [6.45, 7) is 6.03. The molecule has 1 fully saturated rings. The quantitative estimate of drug-likeness (QED) is 0.406. The van der Waals surface area contributed by atoms with Crippen molar-refractivity contribution in [2.45, 2.75) is 20.8 Å². The van der Waals surface area contributed by atoms with Gasteiger partial charge in [0.2, 0.25) is 0 Å². The molecular formula is C23H19BrClN3OS. The van der Waals surface area contributed by atoms with E-state index in [0.717, 1.165) is 38.4 Å². The monoisotopic (exact) mass is 499 g/mol. The molecular weight excluding hydrogens is 482 g/mol. The van der Waals surface area contributed by atoms with Gasteiger partial charge in [0.1, 0.15) is 0 Å². The van der Waals surface area contributed by atoms with Crippen LogP contribution in [0.4, 0.5) is 5.69 Å². The average Bonchev–Trinajstić information content (AvgIpc) is 3.18. The molecule has 30 heavy (non-hydrogen) atoms. The molecule has 1 saturated heterocycles. The third-order valence-electron chi connectivity index (χ3n) is 4.96. The van der Waals surface area contributed by atoms with Gasteiger partial charge in [-0.25, -0.2) is 4.99 Å². The SMILES string of the molecule is Cc1c(Cl)cccc1N=C1NC(=O)/C(=C\c2cc(C)n(-c3ccccc3Br)c2C)S1. The minimum absolute atomic E-state index is 0.149. The highest BCUT2D eigenvalue weighted by atomic mass is 79.9. The molecule has 1 aliphatic heterocycles. The van der Waals surface area contributed by atoms with Crippen molar-refractivity contribution in [2.75, 3.05) is 0 Å². The molecule has 0 unspecified atom stereocenters. The van der Waals surface area contributed by atoms with Gasteiger partial charge in [-0.2, -0.15) is 0 Å². The highest BCUT2D eigenvalue weighted by Gasteiger charge is 2.25. The van der Waals surface area contributed by atoms with Gasteiger partial charge in [0, 0.05) is 20.9 Å². The maximum absolute atomic E-state index is 12.5. The molecule has 0 spiro atoms. The van der Waals surface area contributed by atoms with E-state index in [4.69, 9.17) is 11.6 Å². The zero-order chi connectivity index (χ0) is 21.4. The van der Waals surface area contributed by atoms with E-state index in [1.54, 1.807) is 0 Å². The molecule has 1 aliphatic rings. The predicted octanol–water partition coefficient (Wildman–Crippen LogP) is 6.71. The number of hydrogen-bond acceptors (Lipinski definition) is 3. The van der Waals surface area contributed by atoms with E-state index in [2.05, 4.69) is 56.8 Å². The van der Waals surface area contributed by atoms with E-state index in [0.29, 0.717) is 15.1 Å². The predicted molar refractivity (Wildman–Crippen MR) is 130 cm³/mol. The number of nitrogens with one attached hydrogen (secondary N) is 1. The second-order valence-corrected chi connectivity index (χ2v) is 9.27. The van der Waals surface area contributed by atoms with Crippen LogP contribution in [-0.2, 0) is 4.79 Å². The second kappa shape index (κ2) is 8.46. The van der Waals surface area contributed by atoms with Crippen LogP contribution < -0.4 is 5.32 Å². The average molecular weight is 501 g/mol. The smallest absolute Gasteiger partial charge is 0.264 e. The molecule has 4 rings (SSSR count). The lowest BCUT2D eigenvalue weighted by Crippen LogP contribution is -2.19. The van der Waals surface area contributed by atoms with Gasteiger partial charge in [0.25, 0.3) is 5.91 Å². The number of aliphatic imine (C=N–C) groups is 1. The van der Waals surface area contributed by atoms with E-state index in [-0.39, 0.29) is 5.91 Å². The first-order valence-electron chi connectivity index (χ1n) is 9.33. The Morgan fingerprint density at radius 2 is 1.90 bits per heavy atom. The van der Waals surface area contributed by atoms with Crippen molar-refractivity contribution in [2.24, 2.45) is 4.99 Å². The largest absolute Gasteiger partial charge is 0.317 e. The molecule has 0 atom stereocenters. The highest BCUT2D eigenvalue weighted by Crippen LogP contribution is 2.33. The Morgan fingerprint density at radius 3 is 2.67 bits per heavy atom. The molecule has 0 bridgehead atoms. The molecule has 0 aliphatic carbocycles. The first-order valence-corrected chi connectivity index (χ1v) is 11.3. The molecule has 152 valence electrons. The lowest BCUT2D eigenvalue weighted by molar-refractivity contribution is -0.115. The van der Waals surface area contributed by atoms with Gasteiger partial charge in [-0.05, 0) is 96.0 Å². The van der Waals surface area contributed by atoms with Gasteiger partial charge in [-0.1, -0.05) is 29.8 Å². The number of rotatable bonds is 3. The van der Waals surface area contributed by atoms with Crippen LogP contribution in [0.25, 0.3) is 11.8 Å². The molecule has 4 nitrogen and oxygen atoms in total. The highest BCUT2D eigenvalue weighted by molar-refractivity contribution is 9.10. The number of carbonyl (C=O) groups excluding carboxylic acids is 1. The van der Waals surface area contributed by atoms with Gasteiger partial charge >= 0.3 is 0 Å². The number of benzene rings is 2. The van der Waals surface area contributed by atoms with Crippen molar-refractivity contribution in [3.8, 4) is 5.69 Å². The Morgan fingerprint density at radius 1 is 1.13 bits per heavy atom. The third-order valence-corrected chi connectivity index (χ3v) is 6.95. The molecule has 1 N–H and O–H groups in total. The van der Waals surface area contributed by atoms with Gasteiger partial charge in [-0.15, -0.1) is 0 Å². The van der Waals surface area contributed by atoms with Crippen molar-refractivity contribution in [3.63, 3.8) is 0 Å². The maximum atomic E-state index is 12.5. The number of halogens is 2. The fourth-order valence-corrected chi connectivity index (χ4v) is 4.84. The summed E-state index contributed by atoms with van der Waals surface area (Å²) >= 11 is 11.1. The van der Waals surface area contributed by atoms with Crippen LogP contribution in [-0.4, -0.2) is 15.6 Å². The number of aromatic nitrogens is 1. The summed E-state index contributed by atoms with van der Waals surface area (Å²) in [5, 5.41) is 4.06. The topological polar surface area (TPSA) is 46.4 Å². The van der Waals surface area contributed by atoms with Gasteiger partial charge in [0.05, 0.1) is 16.3 Å². The van der Waals surface area contributed by atoms with Crippen LogP contribution in [0.3, 0.4) is 0 Å². The fraction of sp³-hybridized carbons (Fsp3) is 0.130. The zero-order valence-corrected chi connectivity index (χ0v) is 19.8. The van der Waals surface area contributed by atoms with Crippen LogP contribution in [0.15, 0.2) is 62.9 Å². The minimum atomic E-state index is -0.149. The van der Waals surface area contributed by atoms with Crippen molar-refractivity contribution < 1.29 is 4.79 Å². The first-order chi connectivity index (χ1) is 14.3. The third kappa shape index (κ3) is 4.00. The summed E-state index contributed by atoms with van der Waals surface area (Å²) in [4.78, 5) is 17.7. The number of amidine groups is 1. The Balaban J connectivity index is 1.67. The van der Waals surface area contributed by atoms with E-state index in [1.165, 1.54) is 11.8 Å². The Hall–Kier alpha value is -2.28. The molecule has 0 saturated carbocycles. The normalized spacial score (nSPS) is 16.5. The lowest BCUT2D eigenvalue weighted by Gasteiger charge is -2.11. The standard InChI is InChI=1S/C23H19BrClN3OS/c1-13-11-16(15(3)28(13)20-10-5-4-7-17(20)24)12-21-22(29)27-23(30-21)26-19-9-6-8-18(25)14(19)2/h4-12H,1-3H3,(H,26,27,29)/b21-12+. The van der Waals surface area contributed by atoms with E-state index in [1.807, 2.05) is 49.4 Å². The molecule has 7 heteroatoms. The van der Waals surface area contributed by atoms with Crippen LogP contribution >= 0.6 is 39.3 Å². The summed E-state index contributed by atoms with van der Waals surface area (Å²) < 4.78 is 3.20. The molecule has 1 amide bonds. The molecule has 2 aromatic carbocycles. The fourth-order valence-electron chi connectivity index (χ4n) is 3.39.